The highest BCUT2D eigenvalue weighted by Gasteiger charge is 2.31. The van der Waals surface area contributed by atoms with Crippen molar-refractivity contribution < 1.29 is 31.9 Å². The van der Waals surface area contributed by atoms with Crippen LogP contribution in [0.15, 0.2) is 72.8 Å². The van der Waals surface area contributed by atoms with E-state index in [9.17, 15) is 27.2 Å². The van der Waals surface area contributed by atoms with E-state index in [1.165, 1.54) is 43.5 Å². The summed E-state index contributed by atoms with van der Waals surface area (Å²) in [6.45, 7) is 1.13. The first-order chi connectivity index (χ1) is 23.6. The van der Waals surface area contributed by atoms with Crippen molar-refractivity contribution in [2.45, 2.75) is 51.4 Å². The SMILES string of the molecule is O=C(Cc1ccc(Nc2nc(NCc3ccc(F)cc3)nc(NCC3CCCCC3)n2)cc1)NNC(=O)Nc1ccc(OC(F)(F)F)cc1. The Labute approximate surface area is 279 Å². The van der Waals surface area contributed by atoms with E-state index in [0.29, 0.717) is 41.6 Å². The molecule has 4 aromatic rings. The number of aromatic nitrogens is 3. The lowest BCUT2D eigenvalue weighted by Gasteiger charge is -2.21. The lowest BCUT2D eigenvalue weighted by atomic mass is 9.89. The van der Waals surface area contributed by atoms with Crippen LogP contribution in [0.2, 0.25) is 0 Å². The van der Waals surface area contributed by atoms with E-state index in [2.05, 4.69) is 51.8 Å². The summed E-state index contributed by atoms with van der Waals surface area (Å²) in [6.07, 6.45) is 1.14. The second kappa shape index (κ2) is 16.4. The zero-order chi connectivity index (χ0) is 34.6. The number of anilines is 5. The van der Waals surface area contributed by atoms with Gasteiger partial charge >= 0.3 is 12.4 Å². The number of rotatable bonds is 12. The number of alkyl halides is 3. The number of hydrazine groups is 1. The van der Waals surface area contributed by atoms with Gasteiger partial charge in [-0.1, -0.05) is 43.5 Å². The van der Waals surface area contributed by atoms with Crippen molar-refractivity contribution in [3.8, 4) is 5.75 Å². The first kappa shape index (κ1) is 34.7. The van der Waals surface area contributed by atoms with Crippen molar-refractivity contribution in [1.29, 1.82) is 0 Å². The van der Waals surface area contributed by atoms with Gasteiger partial charge in [0.2, 0.25) is 23.8 Å². The molecule has 0 aliphatic heterocycles. The molecule has 0 spiro atoms. The molecule has 0 radical (unpaired) electrons. The van der Waals surface area contributed by atoms with E-state index < -0.39 is 24.1 Å². The van der Waals surface area contributed by atoms with E-state index >= 15 is 0 Å². The maximum absolute atomic E-state index is 13.3. The molecule has 0 atom stereocenters. The van der Waals surface area contributed by atoms with Crippen LogP contribution in [0, 0.1) is 11.7 Å². The maximum atomic E-state index is 13.3. The number of ether oxygens (including phenoxy) is 1. The van der Waals surface area contributed by atoms with Gasteiger partial charge in [-0.05, 0) is 78.4 Å². The molecule has 258 valence electrons. The van der Waals surface area contributed by atoms with Crippen LogP contribution in [0.3, 0.4) is 0 Å². The Hall–Kier alpha value is -5.67. The predicted octanol–water partition coefficient (Wildman–Crippen LogP) is 6.65. The molecule has 0 unspecified atom stereocenters. The van der Waals surface area contributed by atoms with Crippen LogP contribution in [0.25, 0.3) is 0 Å². The van der Waals surface area contributed by atoms with E-state index in [1.54, 1.807) is 36.4 Å². The van der Waals surface area contributed by atoms with Gasteiger partial charge < -0.3 is 26.0 Å². The van der Waals surface area contributed by atoms with Gasteiger partial charge in [-0.25, -0.2) is 14.6 Å². The predicted molar refractivity (Wildman–Crippen MR) is 175 cm³/mol. The Bertz CT molecular complexity index is 1680. The Morgan fingerprint density at radius 1 is 0.735 bits per heavy atom. The maximum Gasteiger partial charge on any atom is 0.573 e. The van der Waals surface area contributed by atoms with Gasteiger partial charge in [0.05, 0.1) is 6.42 Å². The molecule has 3 amide bonds. The monoisotopic (exact) mass is 681 g/mol. The number of benzene rings is 3. The molecule has 6 N–H and O–H groups in total. The Balaban J connectivity index is 1.13. The molecule has 0 saturated heterocycles. The standard InChI is InChI=1S/C33H35F4N9O3/c34-24-10-6-23(7-11-24)20-39-30-42-29(38-19-22-4-2-1-3-5-22)43-31(44-30)40-25-12-8-21(9-13-25)18-28(47)45-46-32(48)41-26-14-16-27(17-15-26)49-33(35,36)37/h6-17,22H,1-5,18-20H2,(H,45,47)(H2,41,46,48)(H3,38,39,40,42,43,44). The van der Waals surface area contributed by atoms with Gasteiger partial charge in [0.25, 0.3) is 0 Å². The minimum Gasteiger partial charge on any atom is -0.406 e. The fourth-order valence-electron chi connectivity index (χ4n) is 5.09. The van der Waals surface area contributed by atoms with Crippen molar-refractivity contribution in [3.63, 3.8) is 0 Å². The average Bonchev–Trinajstić information content (AvgIpc) is 3.08. The van der Waals surface area contributed by atoms with Crippen molar-refractivity contribution in [1.82, 2.24) is 25.8 Å². The number of hydrogen-bond donors (Lipinski definition) is 6. The summed E-state index contributed by atoms with van der Waals surface area (Å²) >= 11 is 0. The second-order valence-corrected chi connectivity index (χ2v) is 11.4. The minimum atomic E-state index is -4.83. The molecule has 5 rings (SSSR count). The zero-order valence-corrected chi connectivity index (χ0v) is 26.2. The number of carbonyl (C=O) groups is 2. The molecule has 1 aromatic heterocycles. The van der Waals surface area contributed by atoms with Gasteiger partial charge in [-0.15, -0.1) is 13.2 Å². The lowest BCUT2D eigenvalue weighted by Crippen LogP contribution is -2.44. The lowest BCUT2D eigenvalue weighted by molar-refractivity contribution is -0.274. The van der Waals surface area contributed by atoms with E-state index in [1.807, 2.05) is 0 Å². The number of halogens is 4. The largest absolute Gasteiger partial charge is 0.573 e. The molecule has 1 heterocycles. The number of urea groups is 1. The van der Waals surface area contributed by atoms with Gasteiger partial charge in [-0.3, -0.25) is 10.2 Å². The quantitative estimate of drug-likeness (QED) is 0.0712. The highest BCUT2D eigenvalue weighted by molar-refractivity contribution is 5.91. The fraction of sp³-hybridized carbons (Fsp3) is 0.303. The molecule has 1 aliphatic carbocycles. The number of hydrogen-bond acceptors (Lipinski definition) is 9. The van der Waals surface area contributed by atoms with Gasteiger partial charge in [0.15, 0.2) is 0 Å². The molecule has 12 nitrogen and oxygen atoms in total. The Kier molecular flexibility index (Phi) is 11.6. The van der Waals surface area contributed by atoms with Gasteiger partial charge in [0, 0.05) is 24.5 Å². The number of amides is 3. The topological polar surface area (TPSA) is 154 Å². The third-order valence-electron chi connectivity index (χ3n) is 7.51. The van der Waals surface area contributed by atoms with Gasteiger partial charge in [-0.2, -0.15) is 15.0 Å². The highest BCUT2D eigenvalue weighted by Crippen LogP contribution is 2.25. The highest BCUT2D eigenvalue weighted by atomic mass is 19.4. The van der Waals surface area contributed by atoms with Gasteiger partial charge in [0.1, 0.15) is 11.6 Å². The normalized spacial score (nSPS) is 13.2. The van der Waals surface area contributed by atoms with E-state index in [0.717, 1.165) is 37.1 Å². The molecule has 16 heteroatoms. The van der Waals surface area contributed by atoms with E-state index in [4.69, 9.17) is 0 Å². The summed E-state index contributed by atoms with van der Waals surface area (Å²) in [5.41, 5.74) is 6.81. The molecule has 3 aromatic carbocycles. The summed E-state index contributed by atoms with van der Waals surface area (Å²) in [5.74, 6) is 0.345. The first-order valence-corrected chi connectivity index (χ1v) is 15.6. The molecule has 1 saturated carbocycles. The van der Waals surface area contributed by atoms with E-state index in [-0.39, 0.29) is 17.9 Å². The minimum absolute atomic E-state index is 0.0531. The number of nitrogens with one attached hydrogen (secondary N) is 6. The second-order valence-electron chi connectivity index (χ2n) is 11.4. The van der Waals surface area contributed by atoms with Crippen LogP contribution in [-0.2, 0) is 17.8 Å². The third-order valence-corrected chi connectivity index (χ3v) is 7.51. The van der Waals surface area contributed by atoms with Crippen LogP contribution in [0.1, 0.15) is 43.2 Å². The molecular formula is C33H35F4N9O3. The Morgan fingerprint density at radius 2 is 1.35 bits per heavy atom. The van der Waals surface area contributed by atoms with Crippen molar-refractivity contribution in [2.75, 3.05) is 27.8 Å². The smallest absolute Gasteiger partial charge is 0.406 e. The summed E-state index contributed by atoms with van der Waals surface area (Å²) in [6, 6.07) is 16.8. The number of carbonyl (C=O) groups excluding carboxylic acids is 2. The van der Waals surface area contributed by atoms with Crippen LogP contribution >= 0.6 is 0 Å². The summed E-state index contributed by atoms with van der Waals surface area (Å²) in [4.78, 5) is 38.1. The zero-order valence-electron chi connectivity index (χ0n) is 26.2. The Morgan fingerprint density at radius 3 is 2.02 bits per heavy atom. The van der Waals surface area contributed by atoms with Crippen molar-refractivity contribution in [3.05, 3.63) is 89.7 Å². The van der Waals surface area contributed by atoms with Crippen LogP contribution in [0.5, 0.6) is 5.75 Å². The van der Waals surface area contributed by atoms with Crippen molar-refractivity contribution in [2.24, 2.45) is 5.92 Å². The summed E-state index contributed by atoms with van der Waals surface area (Å²) in [5, 5.41) is 12.1. The summed E-state index contributed by atoms with van der Waals surface area (Å²) < 4.78 is 54.0. The molecule has 1 aliphatic rings. The molecule has 0 bridgehead atoms. The molecule has 49 heavy (non-hydrogen) atoms. The summed E-state index contributed by atoms with van der Waals surface area (Å²) in [7, 11) is 0. The van der Waals surface area contributed by atoms with Crippen LogP contribution < -0.4 is 36.9 Å². The third kappa shape index (κ3) is 11.8. The molecular weight excluding hydrogens is 646 g/mol. The van der Waals surface area contributed by atoms with Crippen LogP contribution in [-0.4, -0.2) is 39.8 Å². The fourth-order valence-corrected chi connectivity index (χ4v) is 5.09. The van der Waals surface area contributed by atoms with Crippen molar-refractivity contribution >= 4 is 41.2 Å². The average molecular weight is 682 g/mol. The molecule has 1 fully saturated rings. The first-order valence-electron chi connectivity index (χ1n) is 15.6. The van der Waals surface area contributed by atoms with Crippen LogP contribution in [0.4, 0.5) is 51.6 Å². The number of nitrogens with zero attached hydrogens (tertiary/aromatic N) is 3.